The SMILES string of the molecule is CC(CN)CSc1cccc(F)c1. The highest BCUT2D eigenvalue weighted by atomic mass is 32.2. The Balaban J connectivity index is 2.45. The van der Waals surface area contributed by atoms with Gasteiger partial charge in [-0.25, -0.2) is 4.39 Å². The van der Waals surface area contributed by atoms with E-state index in [2.05, 4.69) is 6.92 Å². The first kappa shape index (κ1) is 10.5. The van der Waals surface area contributed by atoms with Crippen LogP contribution in [0.2, 0.25) is 0 Å². The average Bonchev–Trinajstić information content (AvgIpc) is 2.14. The molecule has 0 fully saturated rings. The summed E-state index contributed by atoms with van der Waals surface area (Å²) in [6, 6.07) is 6.64. The summed E-state index contributed by atoms with van der Waals surface area (Å²) in [6.45, 7) is 2.77. The summed E-state index contributed by atoms with van der Waals surface area (Å²) in [6.07, 6.45) is 0. The zero-order valence-electron chi connectivity index (χ0n) is 7.66. The first-order valence-electron chi connectivity index (χ1n) is 4.31. The van der Waals surface area contributed by atoms with Gasteiger partial charge in [0.25, 0.3) is 0 Å². The van der Waals surface area contributed by atoms with Gasteiger partial charge in [-0.3, -0.25) is 0 Å². The lowest BCUT2D eigenvalue weighted by Crippen LogP contribution is -2.12. The summed E-state index contributed by atoms with van der Waals surface area (Å²) >= 11 is 1.65. The van der Waals surface area contributed by atoms with Crippen molar-refractivity contribution in [2.45, 2.75) is 11.8 Å². The van der Waals surface area contributed by atoms with Gasteiger partial charge in [0.05, 0.1) is 0 Å². The molecule has 1 aromatic carbocycles. The number of halogens is 1. The zero-order chi connectivity index (χ0) is 9.68. The number of nitrogens with two attached hydrogens (primary N) is 1. The Morgan fingerprint density at radius 1 is 1.54 bits per heavy atom. The molecule has 0 aliphatic heterocycles. The highest BCUT2D eigenvalue weighted by Crippen LogP contribution is 2.20. The third-order valence-electron chi connectivity index (χ3n) is 1.73. The third kappa shape index (κ3) is 3.79. The highest BCUT2D eigenvalue weighted by molar-refractivity contribution is 7.99. The predicted molar refractivity (Wildman–Crippen MR) is 55.3 cm³/mol. The first-order valence-corrected chi connectivity index (χ1v) is 5.29. The van der Waals surface area contributed by atoms with Crippen LogP contribution < -0.4 is 5.73 Å². The van der Waals surface area contributed by atoms with Crippen molar-refractivity contribution in [3.63, 3.8) is 0 Å². The van der Waals surface area contributed by atoms with Crippen LogP contribution in [-0.4, -0.2) is 12.3 Å². The molecule has 1 rings (SSSR count). The van der Waals surface area contributed by atoms with Gasteiger partial charge in [-0.1, -0.05) is 13.0 Å². The van der Waals surface area contributed by atoms with Crippen LogP contribution in [0.3, 0.4) is 0 Å². The molecular weight excluding hydrogens is 185 g/mol. The molecule has 1 unspecified atom stereocenters. The Bertz CT molecular complexity index is 265. The molecule has 1 atom stereocenters. The second kappa shape index (κ2) is 5.25. The van der Waals surface area contributed by atoms with Gasteiger partial charge in [0.15, 0.2) is 0 Å². The van der Waals surface area contributed by atoms with Gasteiger partial charge in [0, 0.05) is 10.6 Å². The molecule has 0 amide bonds. The standard InChI is InChI=1S/C10H14FNS/c1-8(6-12)7-13-10-4-2-3-9(11)5-10/h2-5,8H,6-7,12H2,1H3. The minimum atomic E-state index is -0.176. The third-order valence-corrected chi connectivity index (χ3v) is 3.06. The molecule has 0 radical (unpaired) electrons. The molecule has 0 aromatic heterocycles. The fourth-order valence-electron chi connectivity index (χ4n) is 0.863. The molecule has 0 spiro atoms. The first-order chi connectivity index (χ1) is 6.22. The lowest BCUT2D eigenvalue weighted by molar-refractivity contribution is 0.624. The van der Waals surface area contributed by atoms with E-state index in [9.17, 15) is 4.39 Å². The minimum Gasteiger partial charge on any atom is -0.330 e. The van der Waals surface area contributed by atoms with Crippen LogP contribution in [0, 0.1) is 11.7 Å². The van der Waals surface area contributed by atoms with Crippen molar-refractivity contribution < 1.29 is 4.39 Å². The van der Waals surface area contributed by atoms with Gasteiger partial charge in [-0.05, 0) is 30.7 Å². The van der Waals surface area contributed by atoms with Crippen molar-refractivity contribution in [3.05, 3.63) is 30.1 Å². The van der Waals surface area contributed by atoms with E-state index in [4.69, 9.17) is 5.73 Å². The maximum Gasteiger partial charge on any atom is 0.124 e. The topological polar surface area (TPSA) is 26.0 Å². The molecule has 13 heavy (non-hydrogen) atoms. The number of rotatable bonds is 4. The lowest BCUT2D eigenvalue weighted by atomic mass is 10.2. The van der Waals surface area contributed by atoms with Crippen LogP contribution in [0.5, 0.6) is 0 Å². The Morgan fingerprint density at radius 2 is 2.31 bits per heavy atom. The largest absolute Gasteiger partial charge is 0.330 e. The molecular formula is C10H14FNS. The van der Waals surface area contributed by atoms with Crippen LogP contribution in [0.1, 0.15) is 6.92 Å². The van der Waals surface area contributed by atoms with Crippen LogP contribution >= 0.6 is 11.8 Å². The summed E-state index contributed by atoms with van der Waals surface area (Å²) in [5.41, 5.74) is 5.48. The summed E-state index contributed by atoms with van der Waals surface area (Å²) in [5.74, 6) is 1.25. The van der Waals surface area contributed by atoms with E-state index in [1.54, 1.807) is 23.9 Å². The Hall–Kier alpha value is -0.540. The highest BCUT2D eigenvalue weighted by Gasteiger charge is 2.01. The second-order valence-corrected chi connectivity index (χ2v) is 4.20. The molecule has 0 saturated carbocycles. The summed E-state index contributed by atoms with van der Waals surface area (Å²) in [7, 11) is 0. The monoisotopic (exact) mass is 199 g/mol. The molecule has 72 valence electrons. The summed E-state index contributed by atoms with van der Waals surface area (Å²) in [5, 5.41) is 0. The Kier molecular flexibility index (Phi) is 4.25. The van der Waals surface area contributed by atoms with Crippen molar-refractivity contribution in [2.24, 2.45) is 11.7 Å². The molecule has 2 N–H and O–H groups in total. The van der Waals surface area contributed by atoms with Crippen molar-refractivity contribution in [1.82, 2.24) is 0 Å². The van der Waals surface area contributed by atoms with Crippen molar-refractivity contribution in [1.29, 1.82) is 0 Å². The Morgan fingerprint density at radius 3 is 2.92 bits per heavy atom. The van der Waals surface area contributed by atoms with E-state index in [1.165, 1.54) is 6.07 Å². The van der Waals surface area contributed by atoms with E-state index in [0.29, 0.717) is 12.5 Å². The summed E-state index contributed by atoms with van der Waals surface area (Å²) in [4.78, 5) is 0.973. The van der Waals surface area contributed by atoms with Gasteiger partial charge in [-0.15, -0.1) is 11.8 Å². The normalized spacial score (nSPS) is 12.8. The molecule has 0 saturated heterocycles. The lowest BCUT2D eigenvalue weighted by Gasteiger charge is -2.07. The van der Waals surface area contributed by atoms with Gasteiger partial charge in [0.2, 0.25) is 0 Å². The molecule has 0 aliphatic carbocycles. The molecule has 3 heteroatoms. The van der Waals surface area contributed by atoms with E-state index in [0.717, 1.165) is 10.6 Å². The van der Waals surface area contributed by atoms with Crippen LogP contribution in [0.15, 0.2) is 29.2 Å². The molecule has 1 nitrogen and oxygen atoms in total. The predicted octanol–water partition coefficient (Wildman–Crippen LogP) is 2.51. The zero-order valence-corrected chi connectivity index (χ0v) is 8.48. The molecule has 0 heterocycles. The van der Waals surface area contributed by atoms with E-state index >= 15 is 0 Å². The van der Waals surface area contributed by atoms with E-state index < -0.39 is 0 Å². The fraction of sp³-hybridized carbons (Fsp3) is 0.400. The molecule has 1 aromatic rings. The second-order valence-electron chi connectivity index (χ2n) is 3.11. The van der Waals surface area contributed by atoms with Crippen LogP contribution in [0.25, 0.3) is 0 Å². The quantitative estimate of drug-likeness (QED) is 0.754. The number of thioether (sulfide) groups is 1. The maximum atomic E-state index is 12.7. The van der Waals surface area contributed by atoms with Gasteiger partial charge < -0.3 is 5.73 Å². The van der Waals surface area contributed by atoms with Gasteiger partial charge in [-0.2, -0.15) is 0 Å². The number of hydrogen-bond acceptors (Lipinski definition) is 2. The smallest absolute Gasteiger partial charge is 0.124 e. The van der Waals surface area contributed by atoms with E-state index in [1.807, 2.05) is 6.07 Å². The van der Waals surface area contributed by atoms with Crippen molar-refractivity contribution in [3.8, 4) is 0 Å². The van der Waals surface area contributed by atoms with E-state index in [-0.39, 0.29) is 5.82 Å². The van der Waals surface area contributed by atoms with Crippen LogP contribution in [-0.2, 0) is 0 Å². The fourth-order valence-corrected chi connectivity index (χ4v) is 1.85. The maximum absolute atomic E-state index is 12.7. The Labute approximate surface area is 82.5 Å². The van der Waals surface area contributed by atoms with Crippen LogP contribution in [0.4, 0.5) is 4.39 Å². The summed E-state index contributed by atoms with van der Waals surface area (Å²) < 4.78 is 12.7. The average molecular weight is 199 g/mol. The van der Waals surface area contributed by atoms with Crippen molar-refractivity contribution >= 4 is 11.8 Å². The minimum absolute atomic E-state index is 0.176. The van der Waals surface area contributed by atoms with Gasteiger partial charge >= 0.3 is 0 Å². The van der Waals surface area contributed by atoms with Gasteiger partial charge in [0.1, 0.15) is 5.82 Å². The molecule has 0 aliphatic rings. The number of hydrogen-bond donors (Lipinski definition) is 1. The molecule has 0 bridgehead atoms. The van der Waals surface area contributed by atoms with Crippen molar-refractivity contribution in [2.75, 3.05) is 12.3 Å². The number of benzene rings is 1.